The third-order valence-corrected chi connectivity index (χ3v) is 5.06. The average Bonchev–Trinajstić information content (AvgIpc) is 3.37. The molecular formula is C19H19N5O2S. The summed E-state index contributed by atoms with van der Waals surface area (Å²) >= 11 is 1.68. The van der Waals surface area contributed by atoms with Gasteiger partial charge in [-0.25, -0.2) is 4.98 Å². The number of nitrogens with zero attached hydrogens (tertiary/aromatic N) is 5. The van der Waals surface area contributed by atoms with Gasteiger partial charge in [-0.05, 0) is 45.2 Å². The van der Waals surface area contributed by atoms with Crippen LogP contribution in [-0.2, 0) is 13.1 Å². The number of aromatic nitrogens is 4. The van der Waals surface area contributed by atoms with Crippen molar-refractivity contribution < 1.29 is 8.94 Å². The minimum atomic E-state index is 0.526. The summed E-state index contributed by atoms with van der Waals surface area (Å²) in [4.78, 5) is 17.5. The zero-order chi connectivity index (χ0) is 18.8. The predicted octanol–water partition coefficient (Wildman–Crippen LogP) is 4.10. The van der Waals surface area contributed by atoms with Gasteiger partial charge >= 0.3 is 0 Å². The molecule has 4 aromatic heterocycles. The first-order chi connectivity index (χ1) is 13.1. The largest absolute Gasteiger partial charge is 0.440 e. The summed E-state index contributed by atoms with van der Waals surface area (Å²) in [6, 6.07) is 7.81. The Bertz CT molecular complexity index is 1040. The van der Waals surface area contributed by atoms with Crippen LogP contribution in [0.2, 0.25) is 0 Å². The molecule has 27 heavy (non-hydrogen) atoms. The minimum Gasteiger partial charge on any atom is -0.440 e. The first-order valence-electron chi connectivity index (χ1n) is 8.53. The topological polar surface area (TPSA) is 81.1 Å². The SMILES string of the molecule is Cc1ccc(-c2nc(CN(C)Cc3nc(-c4ccncc4)no3)c(C)o2)s1. The van der Waals surface area contributed by atoms with E-state index in [4.69, 9.17) is 8.94 Å². The zero-order valence-electron chi connectivity index (χ0n) is 15.3. The Labute approximate surface area is 160 Å². The highest BCUT2D eigenvalue weighted by molar-refractivity contribution is 7.15. The maximum atomic E-state index is 5.84. The van der Waals surface area contributed by atoms with Crippen molar-refractivity contribution in [3.63, 3.8) is 0 Å². The van der Waals surface area contributed by atoms with E-state index in [1.165, 1.54) is 4.88 Å². The molecular weight excluding hydrogens is 362 g/mol. The van der Waals surface area contributed by atoms with Crippen LogP contribution >= 0.6 is 11.3 Å². The van der Waals surface area contributed by atoms with Crippen LogP contribution in [0.25, 0.3) is 22.2 Å². The molecule has 0 unspecified atom stereocenters. The number of rotatable bonds is 6. The van der Waals surface area contributed by atoms with Crippen LogP contribution < -0.4 is 0 Å². The molecule has 0 amide bonds. The molecule has 0 saturated heterocycles. The quantitative estimate of drug-likeness (QED) is 0.497. The van der Waals surface area contributed by atoms with Gasteiger partial charge in [0.25, 0.3) is 0 Å². The van der Waals surface area contributed by atoms with Crippen molar-refractivity contribution in [1.29, 1.82) is 0 Å². The summed E-state index contributed by atoms with van der Waals surface area (Å²) in [6.07, 6.45) is 3.41. The Hall–Kier alpha value is -2.84. The number of thiophene rings is 1. The molecule has 4 aromatic rings. The predicted molar refractivity (Wildman–Crippen MR) is 102 cm³/mol. The normalized spacial score (nSPS) is 11.4. The van der Waals surface area contributed by atoms with E-state index in [1.807, 2.05) is 32.2 Å². The first-order valence-corrected chi connectivity index (χ1v) is 9.35. The van der Waals surface area contributed by atoms with Crippen LogP contribution in [0.15, 0.2) is 45.6 Å². The van der Waals surface area contributed by atoms with Gasteiger partial charge in [0.2, 0.25) is 17.6 Å². The highest BCUT2D eigenvalue weighted by Crippen LogP contribution is 2.29. The van der Waals surface area contributed by atoms with Gasteiger partial charge in [0.05, 0.1) is 17.1 Å². The third kappa shape index (κ3) is 3.96. The van der Waals surface area contributed by atoms with E-state index in [0.29, 0.717) is 30.7 Å². The summed E-state index contributed by atoms with van der Waals surface area (Å²) in [5, 5.41) is 4.04. The van der Waals surface area contributed by atoms with E-state index < -0.39 is 0 Å². The summed E-state index contributed by atoms with van der Waals surface area (Å²) in [6.45, 7) is 5.17. The van der Waals surface area contributed by atoms with Crippen molar-refractivity contribution in [1.82, 2.24) is 25.0 Å². The van der Waals surface area contributed by atoms with E-state index in [0.717, 1.165) is 21.9 Å². The number of hydrogen-bond acceptors (Lipinski definition) is 8. The van der Waals surface area contributed by atoms with Gasteiger partial charge in [0.15, 0.2) is 0 Å². The van der Waals surface area contributed by atoms with Gasteiger partial charge in [-0.15, -0.1) is 11.3 Å². The molecule has 0 N–H and O–H groups in total. The highest BCUT2D eigenvalue weighted by Gasteiger charge is 2.16. The maximum absolute atomic E-state index is 5.84. The van der Waals surface area contributed by atoms with Gasteiger partial charge in [0.1, 0.15) is 5.76 Å². The van der Waals surface area contributed by atoms with Crippen LogP contribution in [-0.4, -0.2) is 32.1 Å². The summed E-state index contributed by atoms with van der Waals surface area (Å²) in [5.41, 5.74) is 1.79. The Kier molecular flexibility index (Phi) is 4.83. The van der Waals surface area contributed by atoms with Gasteiger partial charge in [0, 0.05) is 29.4 Å². The van der Waals surface area contributed by atoms with E-state index in [2.05, 4.69) is 38.0 Å². The van der Waals surface area contributed by atoms with Crippen LogP contribution in [0.1, 0.15) is 22.2 Å². The maximum Gasteiger partial charge on any atom is 0.241 e. The van der Waals surface area contributed by atoms with Crippen molar-refractivity contribution in [3.8, 4) is 22.2 Å². The Morgan fingerprint density at radius 2 is 1.85 bits per heavy atom. The average molecular weight is 381 g/mol. The minimum absolute atomic E-state index is 0.526. The van der Waals surface area contributed by atoms with Crippen molar-refractivity contribution in [3.05, 3.63) is 58.9 Å². The first kappa shape index (κ1) is 17.6. The monoisotopic (exact) mass is 381 g/mol. The standard InChI is InChI=1S/C19H19N5O2S/c1-12-4-5-16(27-12)19-21-15(13(2)25-19)10-24(3)11-17-22-18(23-26-17)14-6-8-20-9-7-14/h4-9H,10-11H2,1-3H3. The fraction of sp³-hybridized carbons (Fsp3) is 0.263. The van der Waals surface area contributed by atoms with Crippen molar-refractivity contribution in [2.45, 2.75) is 26.9 Å². The molecule has 0 aliphatic carbocycles. The molecule has 4 rings (SSSR count). The van der Waals surface area contributed by atoms with Crippen molar-refractivity contribution >= 4 is 11.3 Å². The molecule has 0 saturated carbocycles. The smallest absolute Gasteiger partial charge is 0.241 e. The van der Waals surface area contributed by atoms with Crippen LogP contribution in [0.3, 0.4) is 0 Å². The second kappa shape index (κ2) is 7.42. The van der Waals surface area contributed by atoms with E-state index in [1.54, 1.807) is 23.7 Å². The summed E-state index contributed by atoms with van der Waals surface area (Å²) in [7, 11) is 1.99. The summed E-state index contributed by atoms with van der Waals surface area (Å²) < 4.78 is 11.2. The fourth-order valence-corrected chi connectivity index (χ4v) is 3.50. The van der Waals surface area contributed by atoms with E-state index in [-0.39, 0.29) is 0 Å². The lowest BCUT2D eigenvalue weighted by atomic mass is 10.2. The van der Waals surface area contributed by atoms with Crippen molar-refractivity contribution in [2.75, 3.05) is 7.05 Å². The lowest BCUT2D eigenvalue weighted by Crippen LogP contribution is -2.18. The van der Waals surface area contributed by atoms with Crippen LogP contribution in [0.5, 0.6) is 0 Å². The third-order valence-electron chi connectivity index (χ3n) is 4.08. The molecule has 7 nitrogen and oxygen atoms in total. The number of aryl methyl sites for hydroxylation is 2. The van der Waals surface area contributed by atoms with E-state index >= 15 is 0 Å². The molecule has 0 atom stereocenters. The van der Waals surface area contributed by atoms with Crippen LogP contribution in [0.4, 0.5) is 0 Å². The molecule has 8 heteroatoms. The van der Waals surface area contributed by atoms with Gasteiger partial charge in [-0.3, -0.25) is 9.88 Å². The Morgan fingerprint density at radius 1 is 1.04 bits per heavy atom. The second-order valence-electron chi connectivity index (χ2n) is 6.35. The second-order valence-corrected chi connectivity index (χ2v) is 7.64. The number of pyridine rings is 1. The molecule has 0 radical (unpaired) electrons. The number of hydrogen-bond donors (Lipinski definition) is 0. The zero-order valence-corrected chi connectivity index (χ0v) is 16.2. The molecule has 0 bridgehead atoms. The highest BCUT2D eigenvalue weighted by atomic mass is 32.1. The molecule has 0 aliphatic rings. The van der Waals surface area contributed by atoms with Gasteiger partial charge in [-0.1, -0.05) is 5.16 Å². The lowest BCUT2D eigenvalue weighted by molar-refractivity contribution is 0.258. The fourth-order valence-electron chi connectivity index (χ4n) is 2.71. The van der Waals surface area contributed by atoms with E-state index in [9.17, 15) is 0 Å². The Balaban J connectivity index is 1.43. The van der Waals surface area contributed by atoms with Gasteiger partial charge in [-0.2, -0.15) is 4.98 Å². The molecule has 0 aliphatic heterocycles. The molecule has 4 heterocycles. The number of oxazole rings is 1. The molecule has 0 fully saturated rings. The van der Waals surface area contributed by atoms with Crippen molar-refractivity contribution in [2.24, 2.45) is 0 Å². The Morgan fingerprint density at radius 3 is 2.59 bits per heavy atom. The molecule has 0 aromatic carbocycles. The molecule has 0 spiro atoms. The molecule has 138 valence electrons. The lowest BCUT2D eigenvalue weighted by Gasteiger charge is -2.12. The van der Waals surface area contributed by atoms with Gasteiger partial charge < -0.3 is 8.94 Å². The van der Waals surface area contributed by atoms with Crippen LogP contribution in [0, 0.1) is 13.8 Å². The summed E-state index contributed by atoms with van der Waals surface area (Å²) in [5.74, 6) is 2.62.